The van der Waals surface area contributed by atoms with E-state index < -0.39 is 0 Å². The minimum Gasteiger partial charge on any atom is -0.393 e. The van der Waals surface area contributed by atoms with Gasteiger partial charge < -0.3 is 5.11 Å². The Labute approximate surface area is 110 Å². The van der Waals surface area contributed by atoms with E-state index in [4.69, 9.17) is 0 Å². The molecule has 1 atom stereocenters. The molecule has 2 rings (SSSR count). The summed E-state index contributed by atoms with van der Waals surface area (Å²) in [6.07, 6.45) is 5.72. The predicted molar refractivity (Wildman–Crippen MR) is 70.4 cm³/mol. The highest BCUT2D eigenvalue weighted by Gasteiger charge is 2.23. The molecule has 1 aromatic carbocycles. The van der Waals surface area contributed by atoms with E-state index in [-0.39, 0.29) is 11.9 Å². The molecule has 94 valence electrons. The van der Waals surface area contributed by atoms with E-state index in [1.807, 2.05) is 0 Å². The Morgan fingerprint density at radius 1 is 1.35 bits per heavy atom. The Kier molecular flexibility index (Phi) is 4.57. The maximum atomic E-state index is 13.5. The fourth-order valence-electron chi connectivity index (χ4n) is 2.62. The van der Waals surface area contributed by atoms with Crippen LogP contribution in [-0.2, 0) is 6.42 Å². The van der Waals surface area contributed by atoms with Crippen molar-refractivity contribution < 1.29 is 9.50 Å². The first kappa shape index (κ1) is 13.0. The van der Waals surface area contributed by atoms with E-state index in [0.29, 0.717) is 24.3 Å². The molecule has 1 aromatic rings. The summed E-state index contributed by atoms with van der Waals surface area (Å²) < 4.78 is 14.4. The van der Waals surface area contributed by atoms with Gasteiger partial charge in [0.15, 0.2) is 0 Å². The van der Waals surface area contributed by atoms with Crippen molar-refractivity contribution in [1.82, 2.24) is 0 Å². The van der Waals surface area contributed by atoms with Crippen LogP contribution in [0.15, 0.2) is 22.7 Å². The molecule has 1 fully saturated rings. The van der Waals surface area contributed by atoms with E-state index in [1.165, 1.54) is 18.9 Å². The fourth-order valence-corrected chi connectivity index (χ4v) is 3.02. The van der Waals surface area contributed by atoms with Crippen LogP contribution in [0.4, 0.5) is 4.39 Å². The van der Waals surface area contributed by atoms with Crippen LogP contribution in [0.3, 0.4) is 0 Å². The third kappa shape index (κ3) is 3.52. The molecule has 1 saturated carbocycles. The van der Waals surface area contributed by atoms with Crippen molar-refractivity contribution in [3.8, 4) is 0 Å². The maximum Gasteiger partial charge on any atom is 0.126 e. The molecule has 1 aliphatic carbocycles. The molecule has 1 nitrogen and oxygen atoms in total. The van der Waals surface area contributed by atoms with Crippen LogP contribution < -0.4 is 0 Å². The minimum atomic E-state index is -0.268. The van der Waals surface area contributed by atoms with Crippen LogP contribution in [0.5, 0.6) is 0 Å². The van der Waals surface area contributed by atoms with Gasteiger partial charge in [0.1, 0.15) is 5.82 Å². The van der Waals surface area contributed by atoms with Crippen molar-refractivity contribution in [1.29, 1.82) is 0 Å². The molecule has 1 unspecified atom stereocenters. The van der Waals surface area contributed by atoms with Gasteiger partial charge in [-0.25, -0.2) is 4.39 Å². The predicted octanol–water partition coefficient (Wildman–Crippen LogP) is 4.07. The second-order valence-electron chi connectivity index (χ2n) is 4.89. The SMILES string of the molecule is OC(CCc1cc(Br)ccc1F)C1CCCC1. The number of aliphatic hydroxyl groups excluding tert-OH is 1. The van der Waals surface area contributed by atoms with Gasteiger partial charge in [0.2, 0.25) is 0 Å². The normalized spacial score (nSPS) is 18.5. The van der Waals surface area contributed by atoms with Crippen LogP contribution in [0.2, 0.25) is 0 Å². The van der Waals surface area contributed by atoms with Crippen LogP contribution in [0.25, 0.3) is 0 Å². The van der Waals surface area contributed by atoms with Gasteiger partial charge in [-0.2, -0.15) is 0 Å². The first-order chi connectivity index (χ1) is 8.16. The summed E-state index contributed by atoms with van der Waals surface area (Å²) in [7, 11) is 0. The number of aliphatic hydroxyl groups is 1. The third-order valence-corrected chi connectivity index (χ3v) is 4.15. The van der Waals surface area contributed by atoms with Gasteiger partial charge in [-0.05, 0) is 55.4 Å². The van der Waals surface area contributed by atoms with Crippen molar-refractivity contribution in [2.45, 2.75) is 44.6 Å². The molecule has 0 radical (unpaired) electrons. The molecule has 0 amide bonds. The molecule has 0 bridgehead atoms. The number of benzene rings is 1. The number of hydrogen-bond donors (Lipinski definition) is 1. The summed E-state index contributed by atoms with van der Waals surface area (Å²) in [5.41, 5.74) is 0.691. The second kappa shape index (κ2) is 5.96. The van der Waals surface area contributed by atoms with Crippen LogP contribution >= 0.6 is 15.9 Å². The summed E-state index contributed by atoms with van der Waals surface area (Å²) >= 11 is 3.34. The number of rotatable bonds is 4. The molecule has 0 heterocycles. The molecular formula is C14H18BrFO. The quantitative estimate of drug-likeness (QED) is 0.888. The fraction of sp³-hybridized carbons (Fsp3) is 0.571. The Morgan fingerprint density at radius 2 is 2.06 bits per heavy atom. The van der Waals surface area contributed by atoms with Gasteiger partial charge in [0.05, 0.1) is 6.10 Å². The maximum absolute atomic E-state index is 13.5. The monoisotopic (exact) mass is 300 g/mol. The Balaban J connectivity index is 1.90. The molecule has 1 N–H and O–H groups in total. The third-order valence-electron chi connectivity index (χ3n) is 3.66. The largest absolute Gasteiger partial charge is 0.393 e. The lowest BCUT2D eigenvalue weighted by Gasteiger charge is -2.17. The summed E-state index contributed by atoms with van der Waals surface area (Å²) in [4.78, 5) is 0. The van der Waals surface area contributed by atoms with Gasteiger partial charge in [-0.3, -0.25) is 0 Å². The lowest BCUT2D eigenvalue weighted by Crippen LogP contribution is -2.18. The second-order valence-corrected chi connectivity index (χ2v) is 5.80. The Morgan fingerprint density at radius 3 is 2.76 bits per heavy atom. The average molecular weight is 301 g/mol. The number of hydrogen-bond acceptors (Lipinski definition) is 1. The molecular weight excluding hydrogens is 283 g/mol. The first-order valence-corrected chi connectivity index (χ1v) is 7.08. The molecule has 0 saturated heterocycles. The van der Waals surface area contributed by atoms with Crippen molar-refractivity contribution in [3.05, 3.63) is 34.1 Å². The summed E-state index contributed by atoms with van der Waals surface area (Å²) in [5, 5.41) is 10.0. The summed E-state index contributed by atoms with van der Waals surface area (Å²) in [5.74, 6) is 0.261. The lowest BCUT2D eigenvalue weighted by atomic mass is 9.95. The van der Waals surface area contributed by atoms with Crippen LogP contribution in [-0.4, -0.2) is 11.2 Å². The minimum absolute atomic E-state index is 0.174. The zero-order chi connectivity index (χ0) is 12.3. The summed E-state index contributed by atoms with van der Waals surface area (Å²) in [6, 6.07) is 4.98. The Bertz CT molecular complexity index is 374. The van der Waals surface area contributed by atoms with E-state index in [0.717, 1.165) is 17.3 Å². The van der Waals surface area contributed by atoms with Gasteiger partial charge in [0, 0.05) is 4.47 Å². The highest BCUT2D eigenvalue weighted by Crippen LogP contribution is 2.29. The molecule has 3 heteroatoms. The van der Waals surface area contributed by atoms with Crippen LogP contribution in [0.1, 0.15) is 37.7 Å². The van der Waals surface area contributed by atoms with Gasteiger partial charge >= 0.3 is 0 Å². The first-order valence-electron chi connectivity index (χ1n) is 6.29. The number of halogens is 2. The van der Waals surface area contributed by atoms with Gasteiger partial charge in [-0.15, -0.1) is 0 Å². The highest BCUT2D eigenvalue weighted by molar-refractivity contribution is 9.10. The molecule has 1 aliphatic rings. The molecule has 0 spiro atoms. The standard InChI is InChI=1S/C14H18BrFO/c15-12-6-7-13(16)11(9-12)5-8-14(17)10-3-1-2-4-10/h6-7,9-10,14,17H,1-5,8H2. The lowest BCUT2D eigenvalue weighted by molar-refractivity contribution is 0.102. The zero-order valence-corrected chi connectivity index (χ0v) is 11.4. The number of aryl methyl sites for hydroxylation is 1. The highest BCUT2D eigenvalue weighted by atomic mass is 79.9. The van der Waals surface area contributed by atoms with E-state index in [9.17, 15) is 9.50 Å². The molecule has 17 heavy (non-hydrogen) atoms. The topological polar surface area (TPSA) is 20.2 Å². The van der Waals surface area contributed by atoms with Gasteiger partial charge in [0.25, 0.3) is 0 Å². The molecule has 0 aliphatic heterocycles. The van der Waals surface area contributed by atoms with Crippen molar-refractivity contribution in [2.24, 2.45) is 5.92 Å². The van der Waals surface area contributed by atoms with Gasteiger partial charge in [-0.1, -0.05) is 28.8 Å². The smallest absolute Gasteiger partial charge is 0.126 e. The Hall–Kier alpha value is -0.410. The van der Waals surface area contributed by atoms with Crippen molar-refractivity contribution >= 4 is 15.9 Å². The van der Waals surface area contributed by atoms with E-state index >= 15 is 0 Å². The average Bonchev–Trinajstić information content (AvgIpc) is 2.83. The van der Waals surface area contributed by atoms with Crippen molar-refractivity contribution in [3.63, 3.8) is 0 Å². The van der Waals surface area contributed by atoms with E-state index in [1.54, 1.807) is 12.1 Å². The van der Waals surface area contributed by atoms with E-state index in [2.05, 4.69) is 15.9 Å². The zero-order valence-electron chi connectivity index (χ0n) is 9.83. The van der Waals surface area contributed by atoms with Crippen LogP contribution in [0, 0.1) is 11.7 Å². The summed E-state index contributed by atoms with van der Waals surface area (Å²) in [6.45, 7) is 0. The van der Waals surface area contributed by atoms with Crippen molar-refractivity contribution in [2.75, 3.05) is 0 Å². The molecule has 0 aromatic heterocycles.